The average molecular weight is 276 g/mol. The molecule has 0 heterocycles. The molecule has 0 saturated carbocycles. The van der Waals surface area contributed by atoms with Crippen LogP contribution in [0.2, 0.25) is 0 Å². The lowest BCUT2D eigenvalue weighted by Crippen LogP contribution is -2.45. The molecule has 19 heavy (non-hydrogen) atoms. The van der Waals surface area contributed by atoms with Gasteiger partial charge in [0.25, 0.3) is 0 Å². The predicted octanol–water partition coefficient (Wildman–Crippen LogP) is 3.10. The molecule has 0 aromatic heterocycles. The number of aliphatic hydroxyl groups is 1. The maximum absolute atomic E-state index is 12.1. The van der Waals surface area contributed by atoms with Crippen molar-refractivity contribution in [3.8, 4) is 11.8 Å². The Hall–Kier alpha value is -1.24. The SMILES string of the molecule is CCSC(=O)C(C)(C)C(C)(O)C#Cc1ccccc1. The van der Waals surface area contributed by atoms with Gasteiger partial charge >= 0.3 is 0 Å². The highest BCUT2D eigenvalue weighted by Crippen LogP contribution is 2.35. The van der Waals surface area contributed by atoms with Crippen molar-refractivity contribution >= 4 is 16.9 Å². The number of rotatable bonds is 3. The number of carbonyl (C=O) groups is 1. The lowest BCUT2D eigenvalue weighted by Gasteiger charge is -2.34. The van der Waals surface area contributed by atoms with Crippen molar-refractivity contribution in [3.05, 3.63) is 35.9 Å². The molecule has 0 radical (unpaired) electrons. The van der Waals surface area contributed by atoms with Crippen molar-refractivity contribution in [1.82, 2.24) is 0 Å². The smallest absolute Gasteiger partial charge is 0.198 e. The fraction of sp³-hybridized carbons (Fsp3) is 0.438. The molecule has 0 bridgehead atoms. The maximum Gasteiger partial charge on any atom is 0.198 e. The van der Waals surface area contributed by atoms with Crippen LogP contribution in [0.4, 0.5) is 0 Å². The molecule has 0 aliphatic heterocycles. The van der Waals surface area contributed by atoms with E-state index in [-0.39, 0.29) is 5.12 Å². The molecule has 1 aromatic rings. The summed E-state index contributed by atoms with van der Waals surface area (Å²) in [4.78, 5) is 12.1. The normalized spacial score (nSPS) is 14.2. The number of carbonyl (C=O) groups excluding carboxylic acids is 1. The highest BCUT2D eigenvalue weighted by atomic mass is 32.2. The molecule has 0 aliphatic carbocycles. The van der Waals surface area contributed by atoms with Gasteiger partial charge in [0, 0.05) is 5.56 Å². The Morgan fingerprint density at radius 3 is 2.37 bits per heavy atom. The van der Waals surface area contributed by atoms with E-state index in [2.05, 4.69) is 11.8 Å². The van der Waals surface area contributed by atoms with Crippen LogP contribution in [0.5, 0.6) is 0 Å². The van der Waals surface area contributed by atoms with E-state index in [4.69, 9.17) is 0 Å². The van der Waals surface area contributed by atoms with Crippen molar-refractivity contribution in [1.29, 1.82) is 0 Å². The number of hydrogen-bond donors (Lipinski definition) is 1. The Labute approximate surface area is 119 Å². The Bertz CT molecular complexity index is 492. The molecule has 1 rings (SSSR count). The Balaban J connectivity index is 2.98. The molecule has 0 spiro atoms. The quantitative estimate of drug-likeness (QED) is 0.862. The highest BCUT2D eigenvalue weighted by molar-refractivity contribution is 8.13. The van der Waals surface area contributed by atoms with Crippen LogP contribution in [0, 0.1) is 17.3 Å². The van der Waals surface area contributed by atoms with Crippen LogP contribution in [0.15, 0.2) is 30.3 Å². The van der Waals surface area contributed by atoms with Gasteiger partial charge in [-0.25, -0.2) is 0 Å². The molecule has 102 valence electrons. The van der Waals surface area contributed by atoms with Gasteiger partial charge in [-0.3, -0.25) is 4.79 Å². The minimum Gasteiger partial charge on any atom is -0.377 e. The van der Waals surface area contributed by atoms with E-state index in [1.807, 2.05) is 37.3 Å². The number of benzene rings is 1. The van der Waals surface area contributed by atoms with Gasteiger partial charge < -0.3 is 5.11 Å². The van der Waals surface area contributed by atoms with Crippen LogP contribution in [-0.2, 0) is 4.79 Å². The van der Waals surface area contributed by atoms with Crippen LogP contribution in [0.25, 0.3) is 0 Å². The first kappa shape index (κ1) is 15.8. The third-order valence-corrected chi connectivity index (χ3v) is 4.29. The zero-order chi connectivity index (χ0) is 14.5. The molecule has 3 heteroatoms. The third kappa shape index (κ3) is 3.86. The van der Waals surface area contributed by atoms with Gasteiger partial charge in [0.05, 0.1) is 5.41 Å². The maximum atomic E-state index is 12.1. The zero-order valence-electron chi connectivity index (χ0n) is 11.9. The minimum absolute atomic E-state index is 0.0395. The second-order valence-electron chi connectivity index (χ2n) is 5.03. The van der Waals surface area contributed by atoms with E-state index in [0.717, 1.165) is 5.56 Å². The van der Waals surface area contributed by atoms with Gasteiger partial charge in [0.1, 0.15) is 5.60 Å². The molecule has 0 aliphatic rings. The van der Waals surface area contributed by atoms with Crippen LogP contribution < -0.4 is 0 Å². The monoisotopic (exact) mass is 276 g/mol. The van der Waals surface area contributed by atoms with Gasteiger partial charge in [0.2, 0.25) is 0 Å². The standard InChI is InChI=1S/C16H20O2S/c1-5-19-14(17)15(2,3)16(4,18)12-11-13-9-7-6-8-10-13/h6-10,18H,5H2,1-4H3. The van der Waals surface area contributed by atoms with Crippen molar-refractivity contribution in [2.24, 2.45) is 5.41 Å². The summed E-state index contributed by atoms with van der Waals surface area (Å²) in [6.07, 6.45) is 0. The second kappa shape index (κ2) is 6.27. The molecule has 0 fully saturated rings. The Kier molecular flexibility index (Phi) is 5.22. The topological polar surface area (TPSA) is 37.3 Å². The van der Waals surface area contributed by atoms with Crippen molar-refractivity contribution in [3.63, 3.8) is 0 Å². The Morgan fingerprint density at radius 2 is 1.84 bits per heavy atom. The van der Waals surface area contributed by atoms with Gasteiger partial charge in [0.15, 0.2) is 5.12 Å². The van der Waals surface area contributed by atoms with Crippen LogP contribution in [0.3, 0.4) is 0 Å². The van der Waals surface area contributed by atoms with Crippen molar-refractivity contribution < 1.29 is 9.90 Å². The van der Waals surface area contributed by atoms with E-state index in [1.165, 1.54) is 11.8 Å². The molecule has 1 N–H and O–H groups in total. The molecular weight excluding hydrogens is 256 g/mol. The van der Waals surface area contributed by atoms with Crippen LogP contribution in [0.1, 0.15) is 33.3 Å². The molecular formula is C16H20O2S. The van der Waals surface area contributed by atoms with Gasteiger partial charge in [-0.2, -0.15) is 0 Å². The molecule has 1 unspecified atom stereocenters. The van der Waals surface area contributed by atoms with E-state index >= 15 is 0 Å². The van der Waals surface area contributed by atoms with E-state index in [1.54, 1.807) is 20.8 Å². The lowest BCUT2D eigenvalue weighted by atomic mass is 9.77. The largest absolute Gasteiger partial charge is 0.377 e. The summed E-state index contributed by atoms with van der Waals surface area (Å²) in [7, 11) is 0. The predicted molar refractivity (Wildman–Crippen MR) is 80.9 cm³/mol. The van der Waals surface area contributed by atoms with E-state index < -0.39 is 11.0 Å². The molecule has 1 atom stereocenters. The van der Waals surface area contributed by atoms with Gasteiger partial charge in [-0.1, -0.05) is 48.7 Å². The van der Waals surface area contributed by atoms with E-state index in [0.29, 0.717) is 5.75 Å². The fourth-order valence-electron chi connectivity index (χ4n) is 1.38. The summed E-state index contributed by atoms with van der Waals surface area (Å²) in [5.74, 6) is 6.45. The number of thioether (sulfide) groups is 1. The van der Waals surface area contributed by atoms with Crippen LogP contribution in [-0.4, -0.2) is 21.6 Å². The zero-order valence-corrected chi connectivity index (χ0v) is 12.7. The fourth-order valence-corrected chi connectivity index (χ4v) is 2.20. The first-order valence-electron chi connectivity index (χ1n) is 6.29. The summed E-state index contributed by atoms with van der Waals surface area (Å²) < 4.78 is 0. The van der Waals surface area contributed by atoms with Crippen LogP contribution >= 0.6 is 11.8 Å². The van der Waals surface area contributed by atoms with Crippen molar-refractivity contribution in [2.75, 3.05) is 5.75 Å². The summed E-state index contributed by atoms with van der Waals surface area (Å²) >= 11 is 1.22. The van der Waals surface area contributed by atoms with Gasteiger partial charge in [-0.05, 0) is 38.7 Å². The van der Waals surface area contributed by atoms with E-state index in [9.17, 15) is 9.90 Å². The average Bonchev–Trinajstić information content (AvgIpc) is 2.38. The van der Waals surface area contributed by atoms with Crippen molar-refractivity contribution in [2.45, 2.75) is 33.3 Å². The summed E-state index contributed by atoms with van der Waals surface area (Å²) in [5.41, 5.74) is -1.44. The highest BCUT2D eigenvalue weighted by Gasteiger charge is 2.44. The lowest BCUT2D eigenvalue weighted by molar-refractivity contribution is -0.126. The summed E-state index contributed by atoms with van der Waals surface area (Å²) in [5, 5.41) is 10.5. The third-order valence-electron chi connectivity index (χ3n) is 3.23. The second-order valence-corrected chi connectivity index (χ2v) is 6.27. The minimum atomic E-state index is -1.36. The first-order valence-corrected chi connectivity index (χ1v) is 7.27. The van der Waals surface area contributed by atoms with Gasteiger partial charge in [-0.15, -0.1) is 0 Å². The molecule has 2 nitrogen and oxygen atoms in total. The number of hydrogen-bond acceptors (Lipinski definition) is 3. The summed E-state index contributed by atoms with van der Waals surface area (Å²) in [6.45, 7) is 6.98. The Morgan fingerprint density at radius 1 is 1.26 bits per heavy atom. The molecule has 0 saturated heterocycles. The molecule has 0 amide bonds. The summed E-state index contributed by atoms with van der Waals surface area (Å²) in [6, 6.07) is 9.44. The molecule has 1 aromatic carbocycles. The first-order chi connectivity index (χ1) is 8.81.